The number of ether oxygens (including phenoxy) is 2. The fraction of sp³-hybridized carbons (Fsp3) is 0.158. The number of phenolic OH excluding ortho intramolecular Hbond substituents is 1. The van der Waals surface area contributed by atoms with Gasteiger partial charge in [-0.1, -0.05) is 29.8 Å². The normalized spacial score (nSPS) is 10.5. The SMILES string of the molecule is COc1cc(/C=C/C(=O)OCC(=O)NCc2cccc(Cl)c2)ccc1O. The molecular formula is C19H18ClNO5. The summed E-state index contributed by atoms with van der Waals surface area (Å²) in [6, 6.07) is 11.7. The molecule has 6 nitrogen and oxygen atoms in total. The Balaban J connectivity index is 1.78. The summed E-state index contributed by atoms with van der Waals surface area (Å²) in [6.45, 7) is -0.0945. The van der Waals surface area contributed by atoms with Crippen molar-refractivity contribution in [3.8, 4) is 11.5 Å². The van der Waals surface area contributed by atoms with Gasteiger partial charge in [-0.2, -0.15) is 0 Å². The molecule has 0 atom stereocenters. The fourth-order valence-electron chi connectivity index (χ4n) is 2.05. The number of phenols is 1. The predicted octanol–water partition coefficient (Wildman–Crippen LogP) is 2.93. The van der Waals surface area contributed by atoms with E-state index >= 15 is 0 Å². The molecule has 0 aliphatic rings. The van der Waals surface area contributed by atoms with Crippen molar-refractivity contribution in [2.24, 2.45) is 0 Å². The number of benzene rings is 2. The van der Waals surface area contributed by atoms with Gasteiger partial charge in [0.25, 0.3) is 5.91 Å². The summed E-state index contributed by atoms with van der Waals surface area (Å²) >= 11 is 5.86. The first kappa shape index (κ1) is 19.3. The van der Waals surface area contributed by atoms with Gasteiger partial charge >= 0.3 is 5.97 Å². The monoisotopic (exact) mass is 375 g/mol. The van der Waals surface area contributed by atoms with Crippen molar-refractivity contribution in [3.63, 3.8) is 0 Å². The van der Waals surface area contributed by atoms with Crippen LogP contribution in [0.5, 0.6) is 11.5 Å². The van der Waals surface area contributed by atoms with Crippen LogP contribution in [0.25, 0.3) is 6.08 Å². The number of amides is 1. The van der Waals surface area contributed by atoms with Gasteiger partial charge in [-0.05, 0) is 41.5 Å². The van der Waals surface area contributed by atoms with E-state index in [0.717, 1.165) is 5.56 Å². The molecule has 2 rings (SSSR count). The van der Waals surface area contributed by atoms with Crippen LogP contribution < -0.4 is 10.1 Å². The Labute approximate surface area is 156 Å². The molecule has 26 heavy (non-hydrogen) atoms. The first-order valence-corrected chi connectivity index (χ1v) is 8.08. The second-order valence-corrected chi connectivity index (χ2v) is 5.72. The molecule has 1 amide bonds. The molecule has 0 saturated heterocycles. The molecule has 0 aliphatic carbocycles. The van der Waals surface area contributed by atoms with Gasteiger partial charge in [0, 0.05) is 17.6 Å². The number of esters is 1. The van der Waals surface area contributed by atoms with Crippen LogP contribution in [0.3, 0.4) is 0 Å². The molecule has 136 valence electrons. The fourth-order valence-corrected chi connectivity index (χ4v) is 2.26. The Kier molecular flexibility index (Phi) is 7.05. The first-order chi connectivity index (χ1) is 12.5. The van der Waals surface area contributed by atoms with E-state index in [1.807, 2.05) is 6.07 Å². The average Bonchev–Trinajstić information content (AvgIpc) is 2.64. The summed E-state index contributed by atoms with van der Waals surface area (Å²) in [5.74, 6) is -0.780. The van der Waals surface area contributed by atoms with Crippen LogP contribution in [0, 0.1) is 0 Å². The number of hydrogen-bond donors (Lipinski definition) is 2. The highest BCUT2D eigenvalue weighted by Crippen LogP contribution is 2.26. The second-order valence-electron chi connectivity index (χ2n) is 5.28. The molecule has 0 aromatic heterocycles. The quantitative estimate of drug-likeness (QED) is 0.574. The van der Waals surface area contributed by atoms with Gasteiger partial charge in [0.15, 0.2) is 18.1 Å². The zero-order valence-electron chi connectivity index (χ0n) is 14.1. The third kappa shape index (κ3) is 6.14. The number of rotatable bonds is 7. The number of carbonyl (C=O) groups excluding carboxylic acids is 2. The molecule has 2 N–H and O–H groups in total. The highest BCUT2D eigenvalue weighted by atomic mass is 35.5. The molecule has 0 bridgehead atoms. The van der Waals surface area contributed by atoms with E-state index < -0.39 is 11.9 Å². The van der Waals surface area contributed by atoms with Crippen LogP contribution in [0.1, 0.15) is 11.1 Å². The molecule has 7 heteroatoms. The van der Waals surface area contributed by atoms with Crippen molar-refractivity contribution in [1.82, 2.24) is 5.32 Å². The summed E-state index contributed by atoms with van der Waals surface area (Å²) in [4.78, 5) is 23.4. The molecule has 0 spiro atoms. The van der Waals surface area contributed by atoms with Crippen LogP contribution in [-0.4, -0.2) is 30.7 Å². The lowest BCUT2D eigenvalue weighted by molar-refractivity contribution is -0.143. The number of halogens is 1. The molecule has 0 saturated carbocycles. The number of methoxy groups -OCH3 is 1. The zero-order valence-corrected chi connectivity index (χ0v) is 14.8. The van der Waals surface area contributed by atoms with Gasteiger partial charge in [-0.25, -0.2) is 4.79 Å². The molecule has 0 heterocycles. The topological polar surface area (TPSA) is 84.9 Å². The van der Waals surface area contributed by atoms with E-state index in [0.29, 0.717) is 22.9 Å². The maximum absolute atomic E-state index is 11.7. The van der Waals surface area contributed by atoms with Crippen LogP contribution in [0.15, 0.2) is 48.5 Å². The van der Waals surface area contributed by atoms with Crippen molar-refractivity contribution in [2.75, 3.05) is 13.7 Å². The number of nitrogens with one attached hydrogen (secondary N) is 1. The minimum absolute atomic E-state index is 0.00333. The Morgan fingerprint density at radius 1 is 1.23 bits per heavy atom. The second kappa shape index (κ2) is 9.48. The van der Waals surface area contributed by atoms with E-state index in [1.165, 1.54) is 25.3 Å². The summed E-state index contributed by atoms with van der Waals surface area (Å²) in [7, 11) is 1.43. The third-order valence-corrected chi connectivity index (χ3v) is 3.57. The minimum Gasteiger partial charge on any atom is -0.504 e. The zero-order chi connectivity index (χ0) is 18.9. The van der Waals surface area contributed by atoms with Crippen molar-refractivity contribution < 1.29 is 24.2 Å². The van der Waals surface area contributed by atoms with Gasteiger partial charge in [-0.15, -0.1) is 0 Å². The predicted molar refractivity (Wildman–Crippen MR) is 98.0 cm³/mol. The highest BCUT2D eigenvalue weighted by Gasteiger charge is 2.06. The van der Waals surface area contributed by atoms with Crippen molar-refractivity contribution in [2.45, 2.75) is 6.54 Å². The summed E-state index contributed by atoms with van der Waals surface area (Å²) in [6.07, 6.45) is 2.68. The third-order valence-electron chi connectivity index (χ3n) is 3.34. The average molecular weight is 376 g/mol. The van der Waals surface area contributed by atoms with E-state index in [1.54, 1.807) is 30.3 Å². The smallest absolute Gasteiger partial charge is 0.331 e. The number of carbonyl (C=O) groups is 2. The van der Waals surface area contributed by atoms with Crippen LogP contribution in [0.4, 0.5) is 0 Å². The van der Waals surface area contributed by atoms with Gasteiger partial charge in [0.1, 0.15) is 0 Å². The number of aromatic hydroxyl groups is 1. The van der Waals surface area contributed by atoms with E-state index in [9.17, 15) is 14.7 Å². The lowest BCUT2D eigenvalue weighted by Crippen LogP contribution is -2.28. The van der Waals surface area contributed by atoms with Crippen LogP contribution in [0.2, 0.25) is 5.02 Å². The maximum atomic E-state index is 11.7. The maximum Gasteiger partial charge on any atom is 0.331 e. The van der Waals surface area contributed by atoms with Crippen molar-refractivity contribution in [1.29, 1.82) is 0 Å². The van der Waals surface area contributed by atoms with E-state index in [4.69, 9.17) is 21.1 Å². The lowest BCUT2D eigenvalue weighted by Gasteiger charge is -2.06. The highest BCUT2D eigenvalue weighted by molar-refractivity contribution is 6.30. The largest absolute Gasteiger partial charge is 0.504 e. The molecule has 2 aromatic rings. The van der Waals surface area contributed by atoms with Gasteiger partial charge in [-0.3, -0.25) is 4.79 Å². The number of hydrogen-bond acceptors (Lipinski definition) is 5. The van der Waals surface area contributed by atoms with Gasteiger partial charge in [0.05, 0.1) is 7.11 Å². The van der Waals surface area contributed by atoms with Crippen LogP contribution >= 0.6 is 11.6 Å². The van der Waals surface area contributed by atoms with Gasteiger partial charge < -0.3 is 19.9 Å². The van der Waals surface area contributed by atoms with Crippen molar-refractivity contribution in [3.05, 3.63) is 64.7 Å². The Morgan fingerprint density at radius 2 is 2.04 bits per heavy atom. The molecular weight excluding hydrogens is 358 g/mol. The van der Waals surface area contributed by atoms with E-state index in [2.05, 4.69) is 5.32 Å². The molecule has 0 aliphatic heterocycles. The summed E-state index contributed by atoms with van der Waals surface area (Å²) in [5, 5.41) is 12.7. The standard InChI is InChI=1S/C19H18ClNO5/c1-25-17-10-13(5-7-16(17)22)6-8-19(24)26-12-18(23)21-11-14-3-2-4-15(20)9-14/h2-10,22H,11-12H2,1H3,(H,21,23)/b8-6+. The summed E-state index contributed by atoms with van der Waals surface area (Å²) in [5.41, 5.74) is 1.49. The summed E-state index contributed by atoms with van der Waals surface area (Å²) < 4.78 is 9.85. The van der Waals surface area contributed by atoms with Crippen molar-refractivity contribution >= 4 is 29.6 Å². The lowest BCUT2D eigenvalue weighted by atomic mass is 10.2. The Bertz CT molecular complexity index is 819. The molecule has 0 radical (unpaired) electrons. The molecule has 2 aromatic carbocycles. The minimum atomic E-state index is -0.657. The van der Waals surface area contributed by atoms with Gasteiger partial charge in [0.2, 0.25) is 0 Å². The first-order valence-electron chi connectivity index (χ1n) is 7.71. The van der Waals surface area contributed by atoms with E-state index in [-0.39, 0.29) is 12.4 Å². The van der Waals surface area contributed by atoms with Crippen LogP contribution in [-0.2, 0) is 20.9 Å². The molecule has 0 unspecified atom stereocenters. The molecule has 0 fully saturated rings. The Hall–Kier alpha value is -2.99. The Morgan fingerprint density at radius 3 is 2.77 bits per heavy atom.